The lowest BCUT2D eigenvalue weighted by atomic mass is 9.66. The highest BCUT2D eigenvalue weighted by Gasteiger charge is 2.60. The Balaban J connectivity index is 1.65. The number of hydrogen-bond acceptors (Lipinski definition) is 3. The number of fused-ring (bicyclic) bond motifs is 3. The first-order valence-electron chi connectivity index (χ1n) is 12.5. The highest BCUT2D eigenvalue weighted by molar-refractivity contribution is 7.93. The molecule has 184 valence electrons. The molecule has 3 aliphatic rings. The summed E-state index contributed by atoms with van der Waals surface area (Å²) in [6.07, 6.45) is 5.97. The van der Waals surface area contributed by atoms with Crippen LogP contribution in [-0.2, 0) is 14.8 Å². The van der Waals surface area contributed by atoms with Crippen LogP contribution >= 0.6 is 11.6 Å². The van der Waals surface area contributed by atoms with E-state index < -0.39 is 15.4 Å². The highest BCUT2D eigenvalue weighted by atomic mass is 35.5. The molecule has 6 heteroatoms. The summed E-state index contributed by atoms with van der Waals surface area (Å²) in [5, 5.41) is 0.669. The summed E-state index contributed by atoms with van der Waals surface area (Å²) in [4.78, 5) is 14.6. The van der Waals surface area contributed by atoms with Crippen LogP contribution in [0, 0.1) is 10.8 Å². The van der Waals surface area contributed by atoms with Crippen molar-refractivity contribution in [1.82, 2.24) is 0 Å². The smallest absolute Gasteiger partial charge is 0.270 e. The second-order valence-electron chi connectivity index (χ2n) is 10.5. The standard InChI is InChI=1S/C30H28ClNO3S/c1-29-20-30(18-8-3-9-19-30)26(21-14-16-22(31)17-15-21)27(29)24-12-6-7-13-25(24)32(28(29)33)36(34,35)23-10-4-2-5-11-23/h2,4-7,10-17H,3,8-9,18-20H2,1H3/t29-/m1/s1. The molecule has 1 spiro atoms. The Labute approximate surface area is 217 Å². The van der Waals surface area contributed by atoms with Crippen molar-refractivity contribution in [3.8, 4) is 0 Å². The first-order chi connectivity index (χ1) is 17.3. The van der Waals surface area contributed by atoms with Gasteiger partial charge in [-0.1, -0.05) is 79.4 Å². The predicted molar refractivity (Wildman–Crippen MR) is 144 cm³/mol. The molecule has 0 unspecified atom stereocenters. The maximum absolute atomic E-state index is 14.5. The first-order valence-corrected chi connectivity index (χ1v) is 14.4. The molecule has 1 amide bonds. The van der Waals surface area contributed by atoms with Gasteiger partial charge >= 0.3 is 0 Å². The van der Waals surface area contributed by atoms with E-state index in [0.29, 0.717) is 17.1 Å². The van der Waals surface area contributed by atoms with Gasteiger partial charge in [0, 0.05) is 10.6 Å². The van der Waals surface area contributed by atoms with E-state index in [9.17, 15) is 13.2 Å². The van der Waals surface area contributed by atoms with Crippen LogP contribution < -0.4 is 4.31 Å². The van der Waals surface area contributed by atoms with Gasteiger partial charge in [0.2, 0.25) is 0 Å². The van der Waals surface area contributed by atoms with Crippen molar-refractivity contribution in [2.24, 2.45) is 10.8 Å². The van der Waals surface area contributed by atoms with Crippen LogP contribution in [0.3, 0.4) is 0 Å². The van der Waals surface area contributed by atoms with Crippen molar-refractivity contribution in [2.75, 3.05) is 4.31 Å². The number of benzene rings is 3. The van der Waals surface area contributed by atoms with Gasteiger partial charge in [-0.2, -0.15) is 0 Å². The van der Waals surface area contributed by atoms with E-state index in [4.69, 9.17) is 11.6 Å². The normalized spacial score (nSPS) is 23.1. The number of amides is 1. The summed E-state index contributed by atoms with van der Waals surface area (Å²) in [7, 11) is -4.09. The van der Waals surface area contributed by atoms with Crippen molar-refractivity contribution in [1.29, 1.82) is 0 Å². The van der Waals surface area contributed by atoms with Gasteiger partial charge in [0.05, 0.1) is 16.0 Å². The number of sulfonamides is 1. The molecule has 0 radical (unpaired) electrons. The van der Waals surface area contributed by atoms with Gasteiger partial charge in [0.15, 0.2) is 0 Å². The third-order valence-corrected chi connectivity index (χ3v) is 10.3. The Kier molecular flexibility index (Phi) is 5.43. The van der Waals surface area contributed by atoms with Crippen LogP contribution in [0.5, 0.6) is 0 Å². The molecule has 0 N–H and O–H groups in total. The lowest BCUT2D eigenvalue weighted by Crippen LogP contribution is -2.49. The molecule has 4 nitrogen and oxygen atoms in total. The minimum atomic E-state index is -4.09. The highest BCUT2D eigenvalue weighted by Crippen LogP contribution is 2.68. The zero-order chi connectivity index (χ0) is 25.1. The number of rotatable bonds is 3. The third-order valence-electron chi connectivity index (χ3n) is 8.30. The SMILES string of the molecule is C[C@@]12CC3(CCCCC3)C(c3ccc(Cl)cc3)=C1c1ccccc1N(S(=O)(=O)c1ccccc1)C2=O. The van der Waals surface area contributed by atoms with Gasteiger partial charge < -0.3 is 0 Å². The van der Waals surface area contributed by atoms with Crippen LogP contribution in [0.15, 0.2) is 83.8 Å². The van der Waals surface area contributed by atoms with E-state index in [-0.39, 0.29) is 16.2 Å². The Bertz CT molecular complexity index is 1490. The van der Waals surface area contributed by atoms with Crippen LogP contribution in [0.2, 0.25) is 5.02 Å². The lowest BCUT2D eigenvalue weighted by Gasteiger charge is -2.41. The lowest BCUT2D eigenvalue weighted by molar-refractivity contribution is -0.124. The Morgan fingerprint density at radius 1 is 0.806 bits per heavy atom. The van der Waals surface area contributed by atoms with Crippen LogP contribution in [0.1, 0.15) is 56.6 Å². The van der Waals surface area contributed by atoms with Crippen molar-refractivity contribution in [3.63, 3.8) is 0 Å². The fourth-order valence-electron chi connectivity index (χ4n) is 6.86. The molecule has 0 bridgehead atoms. The molecule has 2 aliphatic carbocycles. The number of carbonyl (C=O) groups is 1. The zero-order valence-electron chi connectivity index (χ0n) is 20.2. The number of carbonyl (C=O) groups excluding carboxylic acids is 1. The Hall–Kier alpha value is -2.89. The second kappa shape index (κ2) is 8.32. The number of halogens is 1. The van der Waals surface area contributed by atoms with Crippen molar-refractivity contribution < 1.29 is 13.2 Å². The van der Waals surface area contributed by atoms with E-state index in [2.05, 4.69) is 0 Å². The Morgan fingerprint density at radius 2 is 1.44 bits per heavy atom. The minimum absolute atomic E-state index is 0.118. The van der Waals surface area contributed by atoms with Crippen LogP contribution in [0.4, 0.5) is 5.69 Å². The largest absolute Gasteiger partial charge is 0.272 e. The van der Waals surface area contributed by atoms with Gasteiger partial charge in [-0.15, -0.1) is 0 Å². The number of para-hydroxylation sites is 1. The van der Waals surface area contributed by atoms with E-state index >= 15 is 0 Å². The fourth-order valence-corrected chi connectivity index (χ4v) is 8.54. The Morgan fingerprint density at radius 3 is 2.14 bits per heavy atom. The van der Waals surface area contributed by atoms with Crippen molar-refractivity contribution >= 4 is 44.4 Å². The number of anilines is 1. The van der Waals surface area contributed by atoms with Crippen LogP contribution in [0.25, 0.3) is 11.1 Å². The molecule has 1 saturated carbocycles. The number of hydrogen-bond donors (Lipinski definition) is 0. The maximum Gasteiger partial charge on any atom is 0.270 e. The average Bonchev–Trinajstić information content (AvgIpc) is 3.14. The molecule has 3 aromatic rings. The molecule has 3 aromatic carbocycles. The van der Waals surface area contributed by atoms with E-state index in [1.807, 2.05) is 43.3 Å². The summed E-state index contributed by atoms with van der Waals surface area (Å²) in [5.41, 5.74) is 3.37. The summed E-state index contributed by atoms with van der Waals surface area (Å²) in [6, 6.07) is 23.6. The summed E-state index contributed by atoms with van der Waals surface area (Å²) in [5.74, 6) is -0.367. The molecule has 0 saturated heterocycles. The van der Waals surface area contributed by atoms with Crippen molar-refractivity contribution in [2.45, 2.75) is 50.3 Å². The molecule has 6 rings (SSSR count). The maximum atomic E-state index is 14.5. The first kappa shape index (κ1) is 23.5. The molecular weight excluding hydrogens is 490 g/mol. The quantitative estimate of drug-likeness (QED) is 0.365. The minimum Gasteiger partial charge on any atom is -0.272 e. The molecule has 1 atom stereocenters. The topological polar surface area (TPSA) is 54.5 Å². The van der Waals surface area contributed by atoms with E-state index in [1.54, 1.807) is 42.5 Å². The molecule has 1 aliphatic heterocycles. The van der Waals surface area contributed by atoms with Crippen LogP contribution in [-0.4, -0.2) is 14.3 Å². The molecular formula is C30H28ClNO3S. The molecule has 1 fully saturated rings. The van der Waals surface area contributed by atoms with Gasteiger partial charge in [-0.25, -0.2) is 12.7 Å². The summed E-state index contributed by atoms with van der Waals surface area (Å²) < 4.78 is 28.9. The molecule has 36 heavy (non-hydrogen) atoms. The fraction of sp³-hybridized carbons (Fsp3) is 0.300. The zero-order valence-corrected chi connectivity index (χ0v) is 21.8. The molecule has 1 heterocycles. The van der Waals surface area contributed by atoms with Gasteiger partial charge in [0.1, 0.15) is 0 Å². The predicted octanol–water partition coefficient (Wildman–Crippen LogP) is 7.35. The van der Waals surface area contributed by atoms with Gasteiger partial charge in [-0.05, 0) is 78.6 Å². The monoisotopic (exact) mass is 517 g/mol. The summed E-state index contributed by atoms with van der Waals surface area (Å²) >= 11 is 6.25. The third kappa shape index (κ3) is 3.32. The van der Waals surface area contributed by atoms with Gasteiger partial charge in [0.25, 0.3) is 15.9 Å². The number of nitrogens with zero attached hydrogens (tertiary/aromatic N) is 1. The average molecular weight is 518 g/mol. The van der Waals surface area contributed by atoms with Gasteiger partial charge in [-0.3, -0.25) is 4.79 Å². The molecule has 0 aromatic heterocycles. The number of allylic oxidation sites excluding steroid dienone is 1. The second-order valence-corrected chi connectivity index (χ2v) is 12.7. The van der Waals surface area contributed by atoms with E-state index in [0.717, 1.165) is 46.7 Å². The summed E-state index contributed by atoms with van der Waals surface area (Å²) in [6.45, 7) is 1.95. The van der Waals surface area contributed by atoms with Crippen molar-refractivity contribution in [3.05, 3.63) is 95.0 Å². The van der Waals surface area contributed by atoms with E-state index in [1.165, 1.54) is 12.0 Å².